The summed E-state index contributed by atoms with van der Waals surface area (Å²) < 4.78 is 23.7. The average Bonchev–Trinajstić information content (AvgIpc) is 2.79. The fraction of sp³-hybridized carbons (Fsp3) is 0.533. The molecule has 7 heteroatoms. The van der Waals surface area contributed by atoms with E-state index < -0.39 is 13.0 Å². The maximum Gasteiger partial charge on any atom is 0.331 e. The lowest BCUT2D eigenvalue weighted by Crippen LogP contribution is -2.37. The molecule has 1 aromatic rings. The molecule has 122 valence electrons. The van der Waals surface area contributed by atoms with Gasteiger partial charge in [-0.3, -0.25) is 9.36 Å². The predicted molar refractivity (Wildman–Crippen MR) is 90.6 cm³/mol. The van der Waals surface area contributed by atoms with E-state index in [0.717, 1.165) is 15.7 Å². The van der Waals surface area contributed by atoms with E-state index >= 15 is 0 Å². The number of halogens is 1. The molecular formula is C15H21BrNO4P. The first-order chi connectivity index (χ1) is 10.3. The summed E-state index contributed by atoms with van der Waals surface area (Å²) >= 11 is 3.47. The number of hydrogen-bond acceptors (Lipinski definition) is 4. The van der Waals surface area contributed by atoms with E-state index in [1.807, 2.05) is 32.0 Å². The summed E-state index contributed by atoms with van der Waals surface area (Å²) in [5.74, 6) is 0.0527. The zero-order valence-corrected chi connectivity index (χ0v) is 15.7. The first-order valence-electron chi connectivity index (χ1n) is 7.09. The van der Waals surface area contributed by atoms with Crippen molar-refractivity contribution in [3.05, 3.63) is 28.2 Å². The van der Waals surface area contributed by atoms with Gasteiger partial charge < -0.3 is 13.9 Å². The molecule has 0 aromatic heterocycles. The zero-order chi connectivity index (χ0) is 16.5. The molecule has 0 saturated carbocycles. The van der Waals surface area contributed by atoms with Crippen LogP contribution in [0.4, 0.5) is 5.69 Å². The molecule has 0 saturated heterocycles. The second-order valence-electron chi connectivity index (χ2n) is 5.69. The summed E-state index contributed by atoms with van der Waals surface area (Å²) in [6, 6.07) is 5.81. The smallest absolute Gasteiger partial charge is 0.312 e. The van der Waals surface area contributed by atoms with Gasteiger partial charge >= 0.3 is 7.60 Å². The molecular weight excluding hydrogens is 369 g/mol. The van der Waals surface area contributed by atoms with E-state index in [9.17, 15) is 9.36 Å². The van der Waals surface area contributed by atoms with Crippen LogP contribution in [0.15, 0.2) is 22.7 Å². The van der Waals surface area contributed by atoms with Crippen LogP contribution in [0.1, 0.15) is 25.8 Å². The van der Waals surface area contributed by atoms with Crippen LogP contribution < -0.4 is 4.90 Å². The van der Waals surface area contributed by atoms with Crippen molar-refractivity contribution in [3.63, 3.8) is 0 Å². The molecule has 0 N–H and O–H groups in total. The maximum atomic E-state index is 12.6. The van der Waals surface area contributed by atoms with E-state index in [1.165, 1.54) is 14.2 Å². The quantitative estimate of drug-likeness (QED) is 0.715. The number of carbonyl (C=O) groups is 1. The molecule has 1 aliphatic rings. The average molecular weight is 390 g/mol. The molecule has 0 spiro atoms. The lowest BCUT2D eigenvalue weighted by Gasteiger charge is -2.28. The first kappa shape index (κ1) is 17.7. The third-order valence-electron chi connectivity index (χ3n) is 4.11. The lowest BCUT2D eigenvalue weighted by molar-refractivity contribution is -0.118. The van der Waals surface area contributed by atoms with Crippen molar-refractivity contribution in [1.29, 1.82) is 0 Å². The van der Waals surface area contributed by atoms with E-state index in [1.54, 1.807) is 4.90 Å². The predicted octanol–water partition coefficient (Wildman–Crippen LogP) is 3.95. The third kappa shape index (κ3) is 3.16. The van der Waals surface area contributed by atoms with Crippen LogP contribution in [0.5, 0.6) is 0 Å². The first-order valence-corrected chi connectivity index (χ1v) is 9.61. The number of hydrogen-bond donors (Lipinski definition) is 0. The highest BCUT2D eigenvalue weighted by Gasteiger charge is 2.45. The second-order valence-corrected chi connectivity index (χ2v) is 8.87. The summed E-state index contributed by atoms with van der Waals surface area (Å²) in [5, 5.41) is 0. The van der Waals surface area contributed by atoms with Crippen molar-refractivity contribution in [3.8, 4) is 0 Å². The molecule has 22 heavy (non-hydrogen) atoms. The molecule has 1 amide bonds. The number of benzene rings is 1. The van der Waals surface area contributed by atoms with E-state index in [2.05, 4.69) is 15.9 Å². The summed E-state index contributed by atoms with van der Waals surface area (Å²) in [7, 11) is -0.408. The molecule has 1 aromatic carbocycles. The van der Waals surface area contributed by atoms with Gasteiger partial charge in [0, 0.05) is 42.8 Å². The van der Waals surface area contributed by atoms with Crippen LogP contribution in [-0.4, -0.2) is 32.8 Å². The lowest BCUT2D eigenvalue weighted by atomic mass is 9.87. The molecule has 0 radical (unpaired) electrons. The standard InChI is InChI=1S/C15H21BrNO4P/c1-5-14(18)17-9-15(2,10-22(19,20-3)21-4)12-8-11(16)6-7-13(12)17/h6-8H,5,9-10H2,1-4H3. The van der Waals surface area contributed by atoms with Crippen molar-refractivity contribution in [2.24, 2.45) is 0 Å². The summed E-state index contributed by atoms with van der Waals surface area (Å²) in [6.07, 6.45) is 0.655. The Morgan fingerprint density at radius 3 is 2.59 bits per heavy atom. The van der Waals surface area contributed by atoms with Crippen molar-refractivity contribution >= 4 is 35.1 Å². The molecule has 1 atom stereocenters. The summed E-state index contributed by atoms with van der Waals surface area (Å²) in [4.78, 5) is 14.0. The number of anilines is 1. The molecule has 5 nitrogen and oxygen atoms in total. The Hall–Kier alpha value is -0.680. The molecule has 0 bridgehead atoms. The fourth-order valence-electron chi connectivity index (χ4n) is 2.93. The molecule has 2 rings (SSSR count). The largest absolute Gasteiger partial charge is 0.331 e. The van der Waals surface area contributed by atoms with E-state index in [0.29, 0.717) is 13.0 Å². The minimum absolute atomic E-state index is 0.0527. The number of rotatable bonds is 5. The van der Waals surface area contributed by atoms with E-state index in [-0.39, 0.29) is 12.1 Å². The maximum absolute atomic E-state index is 12.6. The Kier molecular flexibility index (Phi) is 5.17. The number of carbonyl (C=O) groups excluding carboxylic acids is 1. The van der Waals surface area contributed by atoms with E-state index in [4.69, 9.17) is 9.05 Å². The Bertz CT molecular complexity index is 628. The molecule has 0 aliphatic carbocycles. The minimum Gasteiger partial charge on any atom is -0.312 e. The van der Waals surface area contributed by atoms with Crippen LogP contribution >= 0.6 is 23.5 Å². The van der Waals surface area contributed by atoms with Crippen molar-refractivity contribution < 1.29 is 18.4 Å². The molecule has 1 heterocycles. The van der Waals surface area contributed by atoms with Crippen LogP contribution in [0.2, 0.25) is 0 Å². The highest BCUT2D eigenvalue weighted by molar-refractivity contribution is 9.10. The Morgan fingerprint density at radius 2 is 2.05 bits per heavy atom. The van der Waals surface area contributed by atoms with Gasteiger partial charge in [-0.15, -0.1) is 0 Å². The van der Waals surface area contributed by atoms with Gasteiger partial charge in [-0.2, -0.15) is 0 Å². The highest BCUT2D eigenvalue weighted by Crippen LogP contribution is 2.55. The Labute approximate surface area is 139 Å². The summed E-state index contributed by atoms with van der Waals surface area (Å²) in [5.41, 5.74) is 1.38. The van der Waals surface area contributed by atoms with Crippen LogP contribution in [0.3, 0.4) is 0 Å². The minimum atomic E-state index is -3.18. The van der Waals surface area contributed by atoms with Crippen LogP contribution in [0.25, 0.3) is 0 Å². The number of fused-ring (bicyclic) bond motifs is 1. The molecule has 1 aliphatic heterocycles. The van der Waals surface area contributed by atoms with Gasteiger partial charge in [0.2, 0.25) is 5.91 Å². The van der Waals surface area contributed by atoms with Crippen molar-refractivity contribution in [1.82, 2.24) is 0 Å². The SMILES string of the molecule is CCC(=O)N1CC(C)(CP(=O)(OC)OC)c2cc(Br)ccc21. The van der Waals surface area contributed by atoms with Gasteiger partial charge in [0.25, 0.3) is 0 Å². The van der Waals surface area contributed by atoms with Crippen LogP contribution in [0, 0.1) is 0 Å². The Morgan fingerprint density at radius 1 is 1.41 bits per heavy atom. The normalized spacial score (nSPS) is 21.0. The Balaban J connectivity index is 2.49. The van der Waals surface area contributed by atoms with Crippen LogP contribution in [-0.2, 0) is 23.8 Å². The number of nitrogens with zero attached hydrogens (tertiary/aromatic N) is 1. The molecule has 1 unspecified atom stereocenters. The topological polar surface area (TPSA) is 55.8 Å². The fourth-order valence-corrected chi connectivity index (χ4v) is 4.82. The van der Waals surface area contributed by atoms with Gasteiger partial charge in [0.1, 0.15) is 0 Å². The zero-order valence-electron chi connectivity index (χ0n) is 13.3. The van der Waals surface area contributed by atoms with Gasteiger partial charge in [0.05, 0.1) is 6.16 Å². The van der Waals surface area contributed by atoms with Crippen molar-refractivity contribution in [2.45, 2.75) is 25.7 Å². The van der Waals surface area contributed by atoms with Gasteiger partial charge in [-0.05, 0) is 23.8 Å². The highest BCUT2D eigenvalue weighted by atomic mass is 79.9. The summed E-state index contributed by atoms with van der Waals surface area (Å²) in [6.45, 7) is 4.31. The van der Waals surface area contributed by atoms with Gasteiger partial charge in [-0.1, -0.05) is 29.8 Å². The number of amides is 1. The monoisotopic (exact) mass is 389 g/mol. The second kappa shape index (κ2) is 6.44. The van der Waals surface area contributed by atoms with Crippen molar-refractivity contribution in [2.75, 3.05) is 31.8 Å². The third-order valence-corrected chi connectivity index (χ3v) is 6.80. The van der Waals surface area contributed by atoms with Gasteiger partial charge in [-0.25, -0.2) is 0 Å². The van der Waals surface area contributed by atoms with Gasteiger partial charge in [0.15, 0.2) is 0 Å². The molecule has 0 fully saturated rings.